The van der Waals surface area contributed by atoms with Crippen LogP contribution in [0.1, 0.15) is 67.2 Å². The van der Waals surface area contributed by atoms with Gasteiger partial charge in [-0.25, -0.2) is 0 Å². The highest BCUT2D eigenvalue weighted by Crippen LogP contribution is 2.31. The van der Waals surface area contributed by atoms with Crippen LogP contribution in [0, 0.1) is 11.8 Å². The lowest BCUT2D eigenvalue weighted by molar-refractivity contribution is -0.155. The normalized spacial score (nSPS) is 23.5. The third-order valence-electron chi connectivity index (χ3n) is 4.82. The zero-order valence-electron chi connectivity index (χ0n) is 15.7. The van der Waals surface area contributed by atoms with E-state index < -0.39 is 12.0 Å². The Hall–Kier alpha value is -1.65. The minimum Gasteiger partial charge on any atom is -0.493 e. The van der Waals surface area contributed by atoms with Gasteiger partial charge in [-0.2, -0.15) is 0 Å². The van der Waals surface area contributed by atoms with Crippen LogP contribution in [0.3, 0.4) is 0 Å². The number of hydrogen-bond donors (Lipinski definition) is 0. The highest BCUT2D eigenvalue weighted by Gasteiger charge is 2.38. The topological polar surface area (TPSA) is 69.7 Å². The molecule has 0 radical (unpaired) electrons. The molecule has 5 heteroatoms. The maximum Gasteiger partial charge on any atom is 0.305 e. The van der Waals surface area contributed by atoms with Crippen molar-refractivity contribution in [2.75, 3.05) is 0 Å². The van der Waals surface area contributed by atoms with Crippen molar-refractivity contribution in [2.45, 2.75) is 79.4 Å². The molecule has 136 valence electrons. The number of carbonyl (C=O) groups excluding carboxylic acids is 3. The number of hydrogen-bond acceptors (Lipinski definition) is 5. The predicted octanol–water partition coefficient (Wildman–Crippen LogP) is 3.60. The zero-order chi connectivity index (χ0) is 18.4. The van der Waals surface area contributed by atoms with Crippen LogP contribution in [-0.2, 0) is 23.9 Å². The fraction of sp³-hybridized carbons (Fsp3) is 0.737. The van der Waals surface area contributed by atoms with Gasteiger partial charge in [0.15, 0.2) is 5.78 Å². The molecule has 0 spiro atoms. The largest absolute Gasteiger partial charge is 0.493 e. The van der Waals surface area contributed by atoms with Gasteiger partial charge in [0, 0.05) is 31.3 Å². The van der Waals surface area contributed by atoms with Crippen LogP contribution in [0.15, 0.2) is 11.3 Å². The minimum absolute atomic E-state index is 0.0427. The summed E-state index contributed by atoms with van der Waals surface area (Å²) in [5, 5.41) is 0. The third-order valence-corrected chi connectivity index (χ3v) is 4.82. The summed E-state index contributed by atoms with van der Waals surface area (Å²) in [6.45, 7) is 10.8. The van der Waals surface area contributed by atoms with Gasteiger partial charge < -0.3 is 9.47 Å². The molecule has 0 N–H and O–H groups in total. The van der Waals surface area contributed by atoms with Crippen molar-refractivity contribution in [1.82, 2.24) is 0 Å². The molecular weight excluding hydrogens is 308 g/mol. The lowest BCUT2D eigenvalue weighted by Gasteiger charge is -2.34. The molecular formula is C19H30O5. The van der Waals surface area contributed by atoms with Gasteiger partial charge in [-0.3, -0.25) is 14.4 Å². The minimum atomic E-state index is -0.568. The van der Waals surface area contributed by atoms with E-state index in [2.05, 4.69) is 0 Å². The predicted molar refractivity (Wildman–Crippen MR) is 91.3 cm³/mol. The van der Waals surface area contributed by atoms with Gasteiger partial charge in [0.1, 0.15) is 23.8 Å². The summed E-state index contributed by atoms with van der Waals surface area (Å²) >= 11 is 0. The van der Waals surface area contributed by atoms with E-state index in [4.69, 9.17) is 9.47 Å². The fourth-order valence-electron chi connectivity index (χ4n) is 2.99. The summed E-state index contributed by atoms with van der Waals surface area (Å²) in [6.07, 6.45) is 0.689. The van der Waals surface area contributed by atoms with Gasteiger partial charge in [-0.15, -0.1) is 0 Å². The van der Waals surface area contributed by atoms with Gasteiger partial charge in [-0.05, 0) is 6.92 Å². The number of allylic oxidation sites excluding steroid dienone is 2. The first-order valence-electron chi connectivity index (χ1n) is 8.89. The summed E-state index contributed by atoms with van der Waals surface area (Å²) in [4.78, 5) is 36.2. The Labute approximate surface area is 144 Å². The van der Waals surface area contributed by atoms with E-state index in [0.29, 0.717) is 30.6 Å². The Morgan fingerprint density at radius 3 is 2.33 bits per heavy atom. The molecule has 1 rings (SSSR count). The fourth-order valence-corrected chi connectivity index (χ4v) is 2.99. The van der Waals surface area contributed by atoms with Crippen molar-refractivity contribution in [3.63, 3.8) is 0 Å². The Morgan fingerprint density at radius 2 is 1.83 bits per heavy atom. The van der Waals surface area contributed by atoms with E-state index in [1.165, 1.54) is 0 Å². The van der Waals surface area contributed by atoms with Gasteiger partial charge in [0.2, 0.25) is 0 Å². The molecule has 0 saturated carbocycles. The SMILES string of the molecule is CCC(=O)OC(CC1OC(CC)=C(C)C(=O)C1C)C(C)C(=O)CC. The molecule has 5 nitrogen and oxygen atoms in total. The maximum atomic E-state index is 12.4. The van der Waals surface area contributed by atoms with Crippen molar-refractivity contribution in [3.05, 3.63) is 11.3 Å². The van der Waals surface area contributed by atoms with Crippen molar-refractivity contribution < 1.29 is 23.9 Å². The summed E-state index contributed by atoms with van der Waals surface area (Å²) < 4.78 is 11.5. The highest BCUT2D eigenvalue weighted by atomic mass is 16.5. The van der Waals surface area contributed by atoms with E-state index in [0.717, 1.165) is 0 Å². The van der Waals surface area contributed by atoms with Crippen molar-refractivity contribution in [1.29, 1.82) is 0 Å². The second-order valence-corrected chi connectivity index (χ2v) is 6.44. The van der Waals surface area contributed by atoms with Crippen LogP contribution in [0.4, 0.5) is 0 Å². The van der Waals surface area contributed by atoms with Crippen LogP contribution in [-0.4, -0.2) is 29.7 Å². The summed E-state index contributed by atoms with van der Waals surface area (Å²) in [5.41, 5.74) is 0.668. The van der Waals surface area contributed by atoms with E-state index in [-0.39, 0.29) is 36.0 Å². The van der Waals surface area contributed by atoms with Gasteiger partial charge >= 0.3 is 5.97 Å². The summed E-state index contributed by atoms with van der Waals surface area (Å²) in [5.74, 6) is -0.258. The lowest BCUT2D eigenvalue weighted by atomic mass is 9.85. The van der Waals surface area contributed by atoms with E-state index in [9.17, 15) is 14.4 Å². The molecule has 0 aromatic heterocycles. The van der Waals surface area contributed by atoms with Gasteiger partial charge in [0.25, 0.3) is 0 Å². The highest BCUT2D eigenvalue weighted by molar-refractivity contribution is 5.97. The Bertz CT molecular complexity index is 520. The molecule has 0 aliphatic carbocycles. The second-order valence-electron chi connectivity index (χ2n) is 6.44. The molecule has 0 fully saturated rings. The molecule has 24 heavy (non-hydrogen) atoms. The molecule has 0 amide bonds. The molecule has 1 aliphatic heterocycles. The Kier molecular flexibility index (Phi) is 7.64. The first-order chi connectivity index (χ1) is 11.3. The van der Waals surface area contributed by atoms with Crippen LogP contribution >= 0.6 is 0 Å². The third kappa shape index (κ3) is 4.68. The van der Waals surface area contributed by atoms with Crippen molar-refractivity contribution >= 4 is 17.5 Å². The van der Waals surface area contributed by atoms with Gasteiger partial charge in [0.05, 0.1) is 11.8 Å². The Morgan fingerprint density at radius 1 is 1.21 bits per heavy atom. The number of ketones is 2. The molecule has 4 unspecified atom stereocenters. The van der Waals surface area contributed by atoms with Gasteiger partial charge in [-0.1, -0.05) is 34.6 Å². The number of rotatable bonds is 8. The molecule has 1 heterocycles. The summed E-state index contributed by atoms with van der Waals surface area (Å²) in [7, 11) is 0. The molecule has 1 aliphatic rings. The average molecular weight is 338 g/mol. The first kappa shape index (κ1) is 20.4. The molecule has 0 aromatic rings. The summed E-state index contributed by atoms with van der Waals surface area (Å²) in [6, 6.07) is 0. The van der Waals surface area contributed by atoms with E-state index >= 15 is 0 Å². The molecule has 0 saturated heterocycles. The van der Waals surface area contributed by atoms with E-state index in [1.807, 2.05) is 13.8 Å². The number of esters is 1. The standard InChI is InChI=1S/C19H30O5/c1-7-14(20)11(4)16(24-18(21)9-3)10-17-13(6)19(22)12(5)15(8-2)23-17/h11,13,16-17H,7-10H2,1-6H3. The quantitative estimate of drug-likeness (QED) is 0.632. The molecule has 4 atom stereocenters. The molecule has 0 aromatic carbocycles. The van der Waals surface area contributed by atoms with Crippen molar-refractivity contribution in [2.24, 2.45) is 11.8 Å². The van der Waals surface area contributed by atoms with E-state index in [1.54, 1.807) is 27.7 Å². The second kappa shape index (κ2) is 9.00. The zero-order valence-corrected chi connectivity index (χ0v) is 15.7. The number of Topliss-reactive ketones (excluding diaryl/α,β-unsaturated/α-hetero) is 2. The lowest BCUT2D eigenvalue weighted by Crippen LogP contribution is -2.40. The molecule has 0 bridgehead atoms. The van der Waals surface area contributed by atoms with Crippen molar-refractivity contribution in [3.8, 4) is 0 Å². The first-order valence-corrected chi connectivity index (χ1v) is 8.89. The average Bonchev–Trinajstić information content (AvgIpc) is 2.59. The van der Waals surface area contributed by atoms with Crippen LogP contribution in [0.5, 0.6) is 0 Å². The van der Waals surface area contributed by atoms with Crippen LogP contribution in [0.2, 0.25) is 0 Å². The number of ether oxygens (including phenoxy) is 2. The van der Waals surface area contributed by atoms with Crippen LogP contribution in [0.25, 0.3) is 0 Å². The Balaban J connectivity index is 2.98. The van der Waals surface area contributed by atoms with Crippen LogP contribution < -0.4 is 0 Å². The maximum absolute atomic E-state index is 12.4. The number of carbonyl (C=O) groups is 3. The smallest absolute Gasteiger partial charge is 0.305 e. The monoisotopic (exact) mass is 338 g/mol.